The van der Waals surface area contributed by atoms with E-state index in [1.54, 1.807) is 0 Å². The van der Waals surface area contributed by atoms with E-state index in [0.29, 0.717) is 23.7 Å². The van der Waals surface area contributed by atoms with Crippen molar-refractivity contribution in [3.8, 4) is 11.3 Å². The molecule has 0 amide bonds. The molecule has 4 aromatic heterocycles. The predicted octanol–water partition coefficient (Wildman–Crippen LogP) is 3.70. The smallest absolute Gasteiger partial charge is 0.241 e. The first-order valence-corrected chi connectivity index (χ1v) is 11.2. The summed E-state index contributed by atoms with van der Waals surface area (Å²) in [5.41, 5.74) is 4.09. The summed E-state index contributed by atoms with van der Waals surface area (Å²) < 4.78 is 16.7. The lowest BCUT2D eigenvalue weighted by Gasteiger charge is -2.32. The maximum absolute atomic E-state index is 13.0. The van der Waals surface area contributed by atoms with Gasteiger partial charge in [0, 0.05) is 23.8 Å². The lowest BCUT2D eigenvalue weighted by atomic mass is 9.91. The van der Waals surface area contributed by atoms with Crippen molar-refractivity contribution >= 4 is 22.6 Å². The lowest BCUT2D eigenvalue weighted by molar-refractivity contribution is 0.221. The number of imidazole rings is 1. The molecule has 32 heavy (non-hydrogen) atoms. The van der Waals surface area contributed by atoms with Crippen LogP contribution >= 0.6 is 0 Å². The van der Waals surface area contributed by atoms with Crippen LogP contribution in [0.4, 0.5) is 10.3 Å². The average molecular weight is 437 g/mol. The zero-order valence-corrected chi connectivity index (χ0v) is 18.8. The minimum Gasteiger partial charge on any atom is -0.350 e. The third-order valence-electron chi connectivity index (χ3n) is 6.54. The van der Waals surface area contributed by atoms with Gasteiger partial charge in [-0.3, -0.25) is 0 Å². The number of alkyl halides is 1. The number of halogens is 1. The van der Waals surface area contributed by atoms with Crippen LogP contribution in [0.1, 0.15) is 31.5 Å². The second kappa shape index (κ2) is 8.46. The summed E-state index contributed by atoms with van der Waals surface area (Å²) in [6, 6.07) is 6.94. The van der Waals surface area contributed by atoms with Crippen LogP contribution in [0.3, 0.4) is 0 Å². The molecule has 0 bridgehead atoms. The summed E-state index contributed by atoms with van der Waals surface area (Å²) in [6.45, 7) is 1.68. The van der Waals surface area contributed by atoms with Gasteiger partial charge >= 0.3 is 0 Å². The molecule has 1 N–H and O–H groups in total. The van der Waals surface area contributed by atoms with Crippen molar-refractivity contribution in [2.24, 2.45) is 0 Å². The van der Waals surface area contributed by atoms with Crippen LogP contribution in [0.2, 0.25) is 0 Å². The van der Waals surface area contributed by atoms with Crippen molar-refractivity contribution in [2.45, 2.75) is 51.2 Å². The molecule has 0 aliphatic heterocycles. The SMILES string of the molecule is Cc1nc2ccc(-c3ccn4nc(NC5CCC(N(C)C)CC5)ncc34)nc2n1CCF. The third kappa shape index (κ3) is 3.81. The van der Waals surface area contributed by atoms with E-state index < -0.39 is 6.67 Å². The number of fused-ring (bicyclic) bond motifs is 2. The van der Waals surface area contributed by atoms with Gasteiger partial charge in [-0.15, -0.1) is 5.10 Å². The molecule has 8 nitrogen and oxygen atoms in total. The maximum Gasteiger partial charge on any atom is 0.241 e. The Labute approximate surface area is 186 Å². The molecule has 0 aromatic carbocycles. The van der Waals surface area contributed by atoms with Gasteiger partial charge in [0.2, 0.25) is 5.95 Å². The Balaban J connectivity index is 1.39. The van der Waals surface area contributed by atoms with E-state index in [1.807, 2.05) is 46.6 Å². The highest BCUT2D eigenvalue weighted by atomic mass is 19.1. The molecule has 0 unspecified atom stereocenters. The first-order chi connectivity index (χ1) is 15.5. The van der Waals surface area contributed by atoms with Gasteiger partial charge in [-0.1, -0.05) is 0 Å². The van der Waals surface area contributed by atoms with Gasteiger partial charge in [0.15, 0.2) is 5.65 Å². The molecule has 4 aromatic rings. The van der Waals surface area contributed by atoms with E-state index in [0.717, 1.165) is 41.0 Å². The van der Waals surface area contributed by atoms with Gasteiger partial charge in [0.1, 0.15) is 18.0 Å². The van der Waals surface area contributed by atoms with Gasteiger partial charge in [-0.25, -0.2) is 23.9 Å². The van der Waals surface area contributed by atoms with E-state index in [1.165, 1.54) is 12.8 Å². The number of nitrogens with zero attached hydrogens (tertiary/aromatic N) is 7. The number of anilines is 1. The summed E-state index contributed by atoms with van der Waals surface area (Å²) in [5.74, 6) is 1.41. The van der Waals surface area contributed by atoms with E-state index in [-0.39, 0.29) is 6.54 Å². The molecule has 168 valence electrons. The fourth-order valence-corrected chi connectivity index (χ4v) is 4.72. The first-order valence-electron chi connectivity index (χ1n) is 11.2. The van der Waals surface area contributed by atoms with E-state index >= 15 is 0 Å². The summed E-state index contributed by atoms with van der Waals surface area (Å²) >= 11 is 0. The minimum atomic E-state index is -0.451. The van der Waals surface area contributed by atoms with Crippen LogP contribution in [0, 0.1) is 6.92 Å². The van der Waals surface area contributed by atoms with Crippen molar-refractivity contribution in [3.05, 3.63) is 36.4 Å². The number of rotatable bonds is 6. The zero-order valence-electron chi connectivity index (χ0n) is 18.8. The molecule has 5 rings (SSSR count). The molecule has 0 saturated heterocycles. The van der Waals surface area contributed by atoms with Gasteiger partial charge in [-0.2, -0.15) is 0 Å². The van der Waals surface area contributed by atoms with Crippen LogP contribution in [-0.4, -0.2) is 66.9 Å². The molecule has 0 atom stereocenters. The van der Waals surface area contributed by atoms with Crippen LogP contribution < -0.4 is 5.32 Å². The molecular formula is C23H29FN8. The number of hydrogen-bond donors (Lipinski definition) is 1. The van der Waals surface area contributed by atoms with Crippen molar-refractivity contribution in [3.63, 3.8) is 0 Å². The van der Waals surface area contributed by atoms with Crippen LogP contribution in [0.15, 0.2) is 30.6 Å². The van der Waals surface area contributed by atoms with Crippen molar-refractivity contribution in [1.82, 2.24) is 34.0 Å². The van der Waals surface area contributed by atoms with E-state index in [9.17, 15) is 4.39 Å². The highest BCUT2D eigenvalue weighted by Gasteiger charge is 2.23. The Bertz CT molecular complexity index is 1240. The average Bonchev–Trinajstić information content (AvgIpc) is 3.34. The summed E-state index contributed by atoms with van der Waals surface area (Å²) in [4.78, 5) is 16.2. The minimum absolute atomic E-state index is 0.254. The Hall–Kier alpha value is -3.07. The molecule has 1 fully saturated rings. The Morgan fingerprint density at radius 3 is 2.69 bits per heavy atom. The molecule has 1 aliphatic carbocycles. The third-order valence-corrected chi connectivity index (χ3v) is 6.54. The molecule has 1 aliphatic rings. The quantitative estimate of drug-likeness (QED) is 0.497. The van der Waals surface area contributed by atoms with Gasteiger partial charge < -0.3 is 14.8 Å². The van der Waals surface area contributed by atoms with Crippen LogP contribution in [0.25, 0.3) is 27.9 Å². The van der Waals surface area contributed by atoms with Crippen molar-refractivity contribution in [1.29, 1.82) is 0 Å². The Kier molecular flexibility index (Phi) is 5.50. The molecule has 1 saturated carbocycles. The highest BCUT2D eigenvalue weighted by molar-refractivity contribution is 5.82. The lowest BCUT2D eigenvalue weighted by Crippen LogP contribution is -2.36. The van der Waals surface area contributed by atoms with Crippen molar-refractivity contribution in [2.75, 3.05) is 26.1 Å². The number of pyridine rings is 1. The Morgan fingerprint density at radius 1 is 1.12 bits per heavy atom. The predicted molar refractivity (Wildman–Crippen MR) is 124 cm³/mol. The molecule has 0 radical (unpaired) electrons. The summed E-state index contributed by atoms with van der Waals surface area (Å²) in [7, 11) is 4.31. The van der Waals surface area contributed by atoms with E-state index in [2.05, 4.69) is 39.4 Å². The summed E-state index contributed by atoms with van der Waals surface area (Å²) in [6.07, 6.45) is 8.39. The maximum atomic E-state index is 13.0. The molecule has 9 heteroatoms. The van der Waals surface area contributed by atoms with Crippen LogP contribution in [0.5, 0.6) is 0 Å². The second-order valence-electron chi connectivity index (χ2n) is 8.79. The van der Waals surface area contributed by atoms with Gasteiger partial charge in [0.25, 0.3) is 0 Å². The normalized spacial score (nSPS) is 19.3. The van der Waals surface area contributed by atoms with E-state index in [4.69, 9.17) is 4.98 Å². The zero-order chi connectivity index (χ0) is 22.2. The molecule has 4 heterocycles. The number of hydrogen-bond acceptors (Lipinski definition) is 6. The molecule has 0 spiro atoms. The van der Waals surface area contributed by atoms with Crippen molar-refractivity contribution < 1.29 is 4.39 Å². The fourth-order valence-electron chi connectivity index (χ4n) is 4.72. The van der Waals surface area contributed by atoms with Gasteiger partial charge in [-0.05, 0) is 64.9 Å². The highest BCUT2D eigenvalue weighted by Crippen LogP contribution is 2.27. The fraction of sp³-hybridized carbons (Fsp3) is 0.478. The number of aryl methyl sites for hydroxylation is 2. The van der Waals surface area contributed by atoms with Crippen LogP contribution in [-0.2, 0) is 6.54 Å². The topological polar surface area (TPSA) is 76.2 Å². The van der Waals surface area contributed by atoms with Gasteiger partial charge in [0.05, 0.1) is 24.0 Å². The Morgan fingerprint density at radius 2 is 1.94 bits per heavy atom. The monoisotopic (exact) mass is 436 g/mol. The number of aromatic nitrogens is 6. The second-order valence-corrected chi connectivity index (χ2v) is 8.79. The number of nitrogens with one attached hydrogen (secondary N) is 1. The standard InChI is InChI=1S/C23H29FN8/c1-15-26-20-9-8-19(28-22(20)31(15)13-11-24)18-10-12-32-21(18)14-25-23(29-32)27-16-4-6-17(7-5-16)30(2)3/h8-10,12,14,16-17H,4-7,11,13H2,1-3H3,(H,27,29). The summed E-state index contributed by atoms with van der Waals surface area (Å²) in [5, 5.41) is 8.18. The molecular weight excluding hydrogens is 407 g/mol. The first kappa shape index (κ1) is 20.8. The largest absolute Gasteiger partial charge is 0.350 e.